The van der Waals surface area contributed by atoms with Crippen molar-refractivity contribution in [1.82, 2.24) is 0 Å². The molecule has 0 unspecified atom stereocenters. The Labute approximate surface area is 158 Å². The second-order valence-electron chi connectivity index (χ2n) is 7.34. The first-order chi connectivity index (χ1) is 13.3. The smallest absolute Gasteiger partial charge is 0.337 e. The number of anilines is 1. The first-order valence-electron chi connectivity index (χ1n) is 9.39. The third kappa shape index (κ3) is 2.54. The molecule has 3 aromatic carbocycles. The van der Waals surface area contributed by atoms with Crippen LogP contribution < -0.4 is 5.32 Å². The molecule has 1 heterocycles. The van der Waals surface area contributed by atoms with E-state index >= 15 is 0 Å². The van der Waals surface area contributed by atoms with Crippen LogP contribution in [0, 0.1) is 5.92 Å². The van der Waals surface area contributed by atoms with Gasteiger partial charge in [-0.2, -0.15) is 0 Å². The van der Waals surface area contributed by atoms with E-state index < -0.39 is 0 Å². The van der Waals surface area contributed by atoms with Gasteiger partial charge >= 0.3 is 5.97 Å². The second-order valence-corrected chi connectivity index (χ2v) is 7.34. The zero-order valence-electron chi connectivity index (χ0n) is 15.2. The summed E-state index contributed by atoms with van der Waals surface area (Å²) in [5, 5.41) is 6.36. The van der Waals surface area contributed by atoms with Crippen molar-refractivity contribution in [1.29, 1.82) is 0 Å². The predicted molar refractivity (Wildman–Crippen MR) is 108 cm³/mol. The fourth-order valence-corrected chi connectivity index (χ4v) is 4.61. The monoisotopic (exact) mass is 355 g/mol. The van der Waals surface area contributed by atoms with Crippen LogP contribution in [-0.4, -0.2) is 13.1 Å². The Bertz CT molecular complexity index is 1050. The molecule has 0 radical (unpaired) electrons. The van der Waals surface area contributed by atoms with Gasteiger partial charge in [-0.25, -0.2) is 4.79 Å². The van der Waals surface area contributed by atoms with Gasteiger partial charge in [-0.1, -0.05) is 60.7 Å². The lowest BCUT2D eigenvalue weighted by Crippen LogP contribution is -2.29. The fraction of sp³-hybridized carbons (Fsp3) is 0.208. The molecular weight excluding hydrogens is 334 g/mol. The zero-order valence-corrected chi connectivity index (χ0v) is 15.2. The predicted octanol–water partition coefficient (Wildman–Crippen LogP) is 5.45. The fourth-order valence-electron chi connectivity index (χ4n) is 4.61. The van der Waals surface area contributed by atoms with Gasteiger partial charge in [0.05, 0.1) is 18.7 Å². The number of rotatable bonds is 2. The van der Waals surface area contributed by atoms with Crippen LogP contribution in [0.2, 0.25) is 0 Å². The number of hydrogen-bond acceptors (Lipinski definition) is 3. The van der Waals surface area contributed by atoms with Crippen molar-refractivity contribution in [2.75, 3.05) is 12.4 Å². The second kappa shape index (κ2) is 6.27. The summed E-state index contributed by atoms with van der Waals surface area (Å²) >= 11 is 0. The number of hydrogen-bond donors (Lipinski definition) is 1. The van der Waals surface area contributed by atoms with Crippen LogP contribution in [-0.2, 0) is 4.74 Å². The molecule has 3 nitrogen and oxygen atoms in total. The molecular formula is C24H21NO2. The summed E-state index contributed by atoms with van der Waals surface area (Å²) in [4.78, 5) is 11.7. The van der Waals surface area contributed by atoms with Gasteiger partial charge in [0.25, 0.3) is 0 Å². The molecule has 0 spiro atoms. The van der Waals surface area contributed by atoms with Gasteiger partial charge in [0.1, 0.15) is 0 Å². The minimum absolute atomic E-state index is 0.218. The van der Waals surface area contributed by atoms with Crippen molar-refractivity contribution in [3.63, 3.8) is 0 Å². The van der Waals surface area contributed by atoms with Crippen molar-refractivity contribution in [3.8, 4) is 0 Å². The SMILES string of the molecule is COC(=O)c1ccc([C@@H]2Nc3c(ccc4ccccc34)[C@H]3C=CC[C@@H]32)cc1. The summed E-state index contributed by atoms with van der Waals surface area (Å²) < 4.78 is 4.82. The number of benzene rings is 3. The third-order valence-electron chi connectivity index (χ3n) is 5.95. The maximum absolute atomic E-state index is 11.7. The van der Waals surface area contributed by atoms with Crippen molar-refractivity contribution in [2.24, 2.45) is 5.92 Å². The Morgan fingerprint density at radius 1 is 1.04 bits per heavy atom. The van der Waals surface area contributed by atoms with Crippen molar-refractivity contribution < 1.29 is 9.53 Å². The molecule has 0 saturated carbocycles. The van der Waals surface area contributed by atoms with Gasteiger partial charge in [0.15, 0.2) is 0 Å². The van der Waals surface area contributed by atoms with E-state index in [1.807, 2.05) is 12.1 Å². The lowest BCUT2D eigenvalue weighted by atomic mass is 9.76. The van der Waals surface area contributed by atoms with Gasteiger partial charge in [-0.15, -0.1) is 0 Å². The van der Waals surface area contributed by atoms with Gasteiger partial charge in [0, 0.05) is 17.0 Å². The van der Waals surface area contributed by atoms with Crippen LogP contribution in [0.1, 0.15) is 39.9 Å². The molecule has 0 saturated heterocycles. The molecule has 5 rings (SSSR count). The van der Waals surface area contributed by atoms with Crippen molar-refractivity contribution in [3.05, 3.63) is 89.5 Å². The Morgan fingerprint density at radius 2 is 1.85 bits per heavy atom. The van der Waals surface area contributed by atoms with Crippen LogP contribution >= 0.6 is 0 Å². The van der Waals surface area contributed by atoms with Gasteiger partial charge < -0.3 is 10.1 Å². The van der Waals surface area contributed by atoms with Gasteiger partial charge in [-0.3, -0.25) is 0 Å². The van der Waals surface area contributed by atoms with E-state index in [0.29, 0.717) is 17.4 Å². The maximum atomic E-state index is 11.7. The summed E-state index contributed by atoms with van der Waals surface area (Å²) in [7, 11) is 1.41. The molecule has 1 aliphatic carbocycles. The number of carbonyl (C=O) groups excluding carboxylic acids is 1. The topological polar surface area (TPSA) is 38.3 Å². The van der Waals surface area contributed by atoms with E-state index in [4.69, 9.17) is 4.74 Å². The number of carbonyl (C=O) groups is 1. The molecule has 134 valence electrons. The van der Waals surface area contributed by atoms with Crippen molar-refractivity contribution >= 4 is 22.4 Å². The normalized spacial score (nSPS) is 22.8. The Hall–Kier alpha value is -3.07. The minimum Gasteiger partial charge on any atom is -0.465 e. The van der Waals surface area contributed by atoms with Crippen molar-refractivity contribution in [2.45, 2.75) is 18.4 Å². The standard InChI is InChI=1S/C24H21NO2/c1-27-24(26)17-11-9-16(10-12-17)22-20-8-4-7-19(20)21-14-13-15-5-2-3-6-18(15)23(21)25-22/h2-7,9-14,19-20,22,25H,8H2,1H3/t19-,20-,22-/m0/s1. The van der Waals surface area contributed by atoms with Gasteiger partial charge in [-0.05, 0) is 41.0 Å². The molecule has 3 aromatic rings. The first-order valence-corrected chi connectivity index (χ1v) is 9.39. The molecule has 0 bridgehead atoms. The number of fused-ring (bicyclic) bond motifs is 5. The minimum atomic E-state index is -0.296. The van der Waals surface area contributed by atoms with E-state index in [1.165, 1.54) is 34.7 Å². The van der Waals surface area contributed by atoms with Crippen LogP contribution in [0.3, 0.4) is 0 Å². The molecule has 27 heavy (non-hydrogen) atoms. The number of methoxy groups -OCH3 is 1. The lowest BCUT2D eigenvalue weighted by Gasteiger charge is -2.38. The highest BCUT2D eigenvalue weighted by Crippen LogP contribution is 2.51. The Morgan fingerprint density at radius 3 is 2.67 bits per heavy atom. The maximum Gasteiger partial charge on any atom is 0.337 e. The van der Waals surface area contributed by atoms with Crippen LogP contribution in [0.4, 0.5) is 5.69 Å². The molecule has 0 aromatic heterocycles. The van der Waals surface area contributed by atoms with E-state index in [0.717, 1.165) is 6.42 Å². The van der Waals surface area contributed by atoms with E-state index in [2.05, 4.69) is 66.0 Å². The third-order valence-corrected chi connectivity index (χ3v) is 5.95. The largest absolute Gasteiger partial charge is 0.465 e. The first kappa shape index (κ1) is 16.1. The highest BCUT2D eigenvalue weighted by molar-refractivity contribution is 5.96. The molecule has 2 aliphatic rings. The van der Waals surface area contributed by atoms with E-state index in [1.54, 1.807) is 0 Å². The molecule has 1 aliphatic heterocycles. The molecule has 1 N–H and O–H groups in total. The van der Waals surface area contributed by atoms with Crippen LogP contribution in [0.25, 0.3) is 10.8 Å². The summed E-state index contributed by atoms with van der Waals surface area (Å²) in [6.07, 6.45) is 5.72. The summed E-state index contributed by atoms with van der Waals surface area (Å²) in [5.74, 6) is 0.619. The number of nitrogens with one attached hydrogen (secondary N) is 1. The van der Waals surface area contributed by atoms with E-state index in [-0.39, 0.29) is 12.0 Å². The Balaban J connectivity index is 1.59. The van der Waals surface area contributed by atoms with Gasteiger partial charge in [0.2, 0.25) is 0 Å². The molecule has 3 atom stereocenters. The Kier molecular flexibility index (Phi) is 3.75. The molecule has 3 heteroatoms. The van der Waals surface area contributed by atoms with Crippen LogP contribution in [0.5, 0.6) is 0 Å². The number of allylic oxidation sites excluding steroid dienone is 2. The van der Waals surface area contributed by atoms with E-state index in [9.17, 15) is 4.79 Å². The summed E-state index contributed by atoms with van der Waals surface area (Å²) in [6, 6.07) is 21.1. The summed E-state index contributed by atoms with van der Waals surface area (Å²) in [6.45, 7) is 0. The highest BCUT2D eigenvalue weighted by Gasteiger charge is 2.38. The number of esters is 1. The average molecular weight is 355 g/mol. The highest BCUT2D eigenvalue weighted by atomic mass is 16.5. The quantitative estimate of drug-likeness (QED) is 0.490. The average Bonchev–Trinajstić information content (AvgIpc) is 3.22. The lowest BCUT2D eigenvalue weighted by molar-refractivity contribution is 0.0600. The summed E-state index contributed by atoms with van der Waals surface area (Å²) in [5.41, 5.74) is 4.42. The van der Waals surface area contributed by atoms with Crippen LogP contribution in [0.15, 0.2) is 72.8 Å². The molecule has 0 fully saturated rings. The molecule has 0 amide bonds. The zero-order chi connectivity index (χ0) is 18.4. The number of ether oxygens (including phenoxy) is 1.